The second-order valence-corrected chi connectivity index (χ2v) is 2.49. The molecule has 3 heteroatoms. The lowest BCUT2D eigenvalue weighted by Gasteiger charge is -2.29. The van der Waals surface area contributed by atoms with Crippen molar-refractivity contribution < 1.29 is 14.9 Å². The molecule has 1 fully saturated rings. The normalized spacial score (nSPS) is 41.2. The van der Waals surface area contributed by atoms with Crippen molar-refractivity contribution in [1.82, 2.24) is 0 Å². The Kier molecular flexibility index (Phi) is 2.43. The molecule has 1 heterocycles. The zero-order valence-corrected chi connectivity index (χ0v) is 5.73. The molecule has 0 aromatic carbocycles. The van der Waals surface area contributed by atoms with Gasteiger partial charge in [0, 0.05) is 5.92 Å². The summed E-state index contributed by atoms with van der Waals surface area (Å²) in [6, 6.07) is 0. The van der Waals surface area contributed by atoms with Gasteiger partial charge in [-0.3, -0.25) is 0 Å². The lowest BCUT2D eigenvalue weighted by atomic mass is 9.95. The predicted molar refractivity (Wildman–Crippen MR) is 36.5 cm³/mol. The Balaban J connectivity index is 2.53. The Morgan fingerprint density at radius 2 is 1.80 bits per heavy atom. The maximum absolute atomic E-state index is 9.18. The third kappa shape index (κ3) is 1.37. The van der Waals surface area contributed by atoms with E-state index in [1.54, 1.807) is 6.08 Å². The molecule has 0 aromatic heterocycles. The molecule has 58 valence electrons. The van der Waals surface area contributed by atoms with Crippen LogP contribution in [0.2, 0.25) is 0 Å². The number of aliphatic hydroxyl groups excluding tert-OH is 2. The molecule has 0 bridgehead atoms. The minimum absolute atomic E-state index is 0.228. The number of ether oxygens (including phenoxy) is 1. The van der Waals surface area contributed by atoms with Crippen molar-refractivity contribution in [1.29, 1.82) is 0 Å². The highest BCUT2D eigenvalue weighted by atomic mass is 16.5. The quantitative estimate of drug-likeness (QED) is 0.490. The fourth-order valence-electron chi connectivity index (χ4n) is 1.10. The third-order valence-corrected chi connectivity index (χ3v) is 1.74. The van der Waals surface area contributed by atoms with Gasteiger partial charge in [-0.1, -0.05) is 6.08 Å². The van der Waals surface area contributed by atoms with Gasteiger partial charge in [0.15, 0.2) is 0 Å². The molecule has 0 radical (unpaired) electrons. The van der Waals surface area contributed by atoms with Crippen LogP contribution >= 0.6 is 0 Å². The third-order valence-electron chi connectivity index (χ3n) is 1.74. The van der Waals surface area contributed by atoms with E-state index in [4.69, 9.17) is 4.74 Å². The minimum Gasteiger partial charge on any atom is -0.390 e. The van der Waals surface area contributed by atoms with Gasteiger partial charge in [-0.25, -0.2) is 0 Å². The number of rotatable bonds is 1. The molecule has 0 saturated carbocycles. The summed E-state index contributed by atoms with van der Waals surface area (Å²) in [6.07, 6.45) is 0.375. The Labute approximate surface area is 59.9 Å². The van der Waals surface area contributed by atoms with Crippen LogP contribution in [-0.2, 0) is 4.74 Å². The van der Waals surface area contributed by atoms with Crippen LogP contribution in [0.3, 0.4) is 0 Å². The molecule has 0 aliphatic carbocycles. The Hall–Kier alpha value is -0.380. The van der Waals surface area contributed by atoms with Crippen molar-refractivity contribution in [2.24, 2.45) is 5.92 Å². The highest BCUT2D eigenvalue weighted by Crippen LogP contribution is 2.16. The van der Waals surface area contributed by atoms with Gasteiger partial charge in [0.2, 0.25) is 0 Å². The second kappa shape index (κ2) is 3.14. The van der Waals surface area contributed by atoms with Crippen LogP contribution in [0.5, 0.6) is 0 Å². The number of hydrogen-bond acceptors (Lipinski definition) is 3. The molecular formula is C7H12O3. The van der Waals surface area contributed by atoms with E-state index < -0.39 is 12.2 Å². The fraction of sp³-hybridized carbons (Fsp3) is 0.714. The highest BCUT2D eigenvalue weighted by molar-refractivity contribution is 4.91. The van der Waals surface area contributed by atoms with Gasteiger partial charge >= 0.3 is 0 Å². The van der Waals surface area contributed by atoms with Gasteiger partial charge in [0.05, 0.1) is 25.4 Å². The van der Waals surface area contributed by atoms with Crippen LogP contribution in [0, 0.1) is 5.92 Å². The molecule has 1 aliphatic rings. The van der Waals surface area contributed by atoms with Gasteiger partial charge in [0.1, 0.15) is 0 Å². The average molecular weight is 144 g/mol. The van der Waals surface area contributed by atoms with Crippen molar-refractivity contribution in [3.63, 3.8) is 0 Å². The van der Waals surface area contributed by atoms with Crippen LogP contribution in [0.25, 0.3) is 0 Å². The summed E-state index contributed by atoms with van der Waals surface area (Å²) < 4.78 is 4.88. The minimum atomic E-state index is -0.596. The largest absolute Gasteiger partial charge is 0.390 e. The zero-order valence-electron chi connectivity index (χ0n) is 5.73. The summed E-state index contributed by atoms with van der Waals surface area (Å²) >= 11 is 0. The van der Waals surface area contributed by atoms with E-state index in [1.807, 2.05) is 0 Å². The zero-order chi connectivity index (χ0) is 7.56. The number of aliphatic hydroxyl groups is 2. The van der Waals surface area contributed by atoms with E-state index in [-0.39, 0.29) is 5.92 Å². The van der Waals surface area contributed by atoms with E-state index in [0.29, 0.717) is 13.2 Å². The Morgan fingerprint density at radius 1 is 1.30 bits per heavy atom. The Morgan fingerprint density at radius 3 is 2.10 bits per heavy atom. The smallest absolute Gasteiger partial charge is 0.0861 e. The van der Waals surface area contributed by atoms with Crippen LogP contribution in [-0.4, -0.2) is 35.6 Å². The van der Waals surface area contributed by atoms with Crippen LogP contribution in [0.1, 0.15) is 0 Å². The maximum Gasteiger partial charge on any atom is 0.0861 e. The van der Waals surface area contributed by atoms with Crippen molar-refractivity contribution in [3.05, 3.63) is 12.7 Å². The summed E-state index contributed by atoms with van der Waals surface area (Å²) in [7, 11) is 0. The molecule has 2 unspecified atom stereocenters. The lowest BCUT2D eigenvalue weighted by Crippen LogP contribution is -2.41. The van der Waals surface area contributed by atoms with E-state index in [1.165, 1.54) is 0 Å². The average Bonchev–Trinajstić information content (AvgIpc) is 1.88. The first-order valence-electron chi connectivity index (χ1n) is 3.32. The summed E-state index contributed by atoms with van der Waals surface area (Å²) in [5.41, 5.74) is 0. The first-order chi connectivity index (χ1) is 4.75. The molecule has 1 rings (SSSR count). The van der Waals surface area contributed by atoms with Gasteiger partial charge in [-0.05, 0) is 0 Å². The molecule has 3 nitrogen and oxygen atoms in total. The molecule has 1 saturated heterocycles. The van der Waals surface area contributed by atoms with Gasteiger partial charge in [-0.2, -0.15) is 0 Å². The van der Waals surface area contributed by atoms with Crippen molar-refractivity contribution in [2.45, 2.75) is 12.2 Å². The van der Waals surface area contributed by atoms with E-state index >= 15 is 0 Å². The van der Waals surface area contributed by atoms with Crippen LogP contribution in [0.15, 0.2) is 12.7 Å². The van der Waals surface area contributed by atoms with Crippen molar-refractivity contribution in [3.8, 4) is 0 Å². The van der Waals surface area contributed by atoms with E-state index in [2.05, 4.69) is 6.58 Å². The van der Waals surface area contributed by atoms with Gasteiger partial charge in [0.25, 0.3) is 0 Å². The molecule has 0 aromatic rings. The molecule has 2 N–H and O–H groups in total. The summed E-state index contributed by atoms with van der Waals surface area (Å²) in [4.78, 5) is 0. The molecule has 1 aliphatic heterocycles. The van der Waals surface area contributed by atoms with E-state index in [0.717, 1.165) is 0 Å². The van der Waals surface area contributed by atoms with E-state index in [9.17, 15) is 10.2 Å². The molecule has 2 atom stereocenters. The van der Waals surface area contributed by atoms with Crippen LogP contribution in [0.4, 0.5) is 0 Å². The monoisotopic (exact) mass is 144 g/mol. The Bertz CT molecular complexity index is 114. The van der Waals surface area contributed by atoms with Gasteiger partial charge < -0.3 is 14.9 Å². The second-order valence-electron chi connectivity index (χ2n) is 2.49. The summed E-state index contributed by atoms with van der Waals surface area (Å²) in [6.45, 7) is 4.11. The number of hydrogen-bond donors (Lipinski definition) is 2. The fourth-order valence-corrected chi connectivity index (χ4v) is 1.10. The molecule has 0 spiro atoms. The summed E-state index contributed by atoms with van der Waals surface area (Å²) in [5.74, 6) is -0.228. The highest BCUT2D eigenvalue weighted by Gasteiger charge is 2.28. The first-order valence-corrected chi connectivity index (χ1v) is 3.32. The van der Waals surface area contributed by atoms with Gasteiger partial charge in [-0.15, -0.1) is 6.58 Å². The van der Waals surface area contributed by atoms with Crippen molar-refractivity contribution >= 4 is 0 Å². The SMILES string of the molecule is C=CC1C(O)COCC1O. The van der Waals surface area contributed by atoms with Crippen LogP contribution < -0.4 is 0 Å². The standard InChI is InChI=1S/C7H12O3/c1-2-5-6(8)3-10-4-7(5)9/h2,5-9H,1,3-4H2. The lowest BCUT2D eigenvalue weighted by molar-refractivity contribution is -0.0991. The summed E-state index contributed by atoms with van der Waals surface area (Å²) in [5, 5.41) is 18.4. The predicted octanol–water partition coefficient (Wildman–Crippen LogP) is -0.459. The topological polar surface area (TPSA) is 49.7 Å². The van der Waals surface area contributed by atoms with Crippen molar-refractivity contribution in [2.75, 3.05) is 13.2 Å². The molecule has 10 heavy (non-hydrogen) atoms. The molecule has 0 amide bonds. The maximum atomic E-state index is 9.18. The molecular weight excluding hydrogens is 132 g/mol. The first kappa shape index (κ1) is 7.72.